The summed E-state index contributed by atoms with van der Waals surface area (Å²) < 4.78 is 3.26. The number of nitrogens with one attached hydrogen (secondary N) is 1. The highest BCUT2D eigenvalue weighted by Gasteiger charge is 2.23. The van der Waals surface area contributed by atoms with Crippen LogP contribution in [0.5, 0.6) is 0 Å². The van der Waals surface area contributed by atoms with Crippen LogP contribution in [0.15, 0.2) is 10.7 Å². The van der Waals surface area contributed by atoms with Crippen molar-refractivity contribution in [3.63, 3.8) is 0 Å². The first kappa shape index (κ1) is 12.1. The maximum atomic E-state index is 4.37. The highest BCUT2D eigenvalue weighted by Crippen LogP contribution is 2.26. The molecule has 0 radical (unpaired) electrons. The molecule has 2 atom stereocenters. The lowest BCUT2D eigenvalue weighted by Crippen LogP contribution is -2.36. The Balaban J connectivity index is 2.09. The van der Waals surface area contributed by atoms with Crippen molar-refractivity contribution >= 4 is 15.9 Å². The molecule has 2 heterocycles. The van der Waals surface area contributed by atoms with Crippen LogP contribution >= 0.6 is 15.9 Å². The predicted octanol–water partition coefficient (Wildman–Crippen LogP) is 2.45. The molecule has 3 nitrogen and oxygen atoms in total. The van der Waals surface area contributed by atoms with Crippen LogP contribution in [-0.4, -0.2) is 22.9 Å². The zero-order chi connectivity index (χ0) is 11.5. The molecule has 1 aliphatic rings. The minimum absolute atomic E-state index is 0.743. The summed E-state index contributed by atoms with van der Waals surface area (Å²) in [7, 11) is 0. The lowest BCUT2D eigenvalue weighted by molar-refractivity contribution is 0.268. The number of hydrogen-bond donors (Lipinski definition) is 1. The zero-order valence-corrected chi connectivity index (χ0v) is 11.6. The first-order chi connectivity index (χ1) is 7.72. The molecule has 1 fully saturated rings. The molecule has 1 aromatic rings. The van der Waals surface area contributed by atoms with E-state index >= 15 is 0 Å². The van der Waals surface area contributed by atoms with Gasteiger partial charge >= 0.3 is 0 Å². The summed E-state index contributed by atoms with van der Waals surface area (Å²) in [5.74, 6) is 1.56. The maximum Gasteiger partial charge on any atom is 0.0635 e. The number of aromatic nitrogens is 2. The fourth-order valence-corrected chi connectivity index (χ4v) is 2.90. The van der Waals surface area contributed by atoms with Crippen LogP contribution < -0.4 is 5.32 Å². The molecule has 90 valence electrons. The highest BCUT2D eigenvalue weighted by molar-refractivity contribution is 9.10. The monoisotopic (exact) mass is 285 g/mol. The summed E-state index contributed by atoms with van der Waals surface area (Å²) in [6.45, 7) is 7.78. The lowest BCUT2D eigenvalue weighted by atomic mass is 9.85. The molecular weight excluding hydrogens is 266 g/mol. The molecule has 0 aliphatic carbocycles. The predicted molar refractivity (Wildman–Crippen MR) is 69.4 cm³/mol. The molecule has 0 saturated carbocycles. The van der Waals surface area contributed by atoms with Gasteiger partial charge in [0.25, 0.3) is 0 Å². The van der Waals surface area contributed by atoms with E-state index in [2.05, 4.69) is 44.9 Å². The van der Waals surface area contributed by atoms with Crippen molar-refractivity contribution in [3.05, 3.63) is 16.4 Å². The van der Waals surface area contributed by atoms with Crippen molar-refractivity contribution in [3.8, 4) is 0 Å². The van der Waals surface area contributed by atoms with Gasteiger partial charge in [0.1, 0.15) is 0 Å². The van der Waals surface area contributed by atoms with Crippen molar-refractivity contribution in [1.29, 1.82) is 0 Å². The molecule has 0 spiro atoms. The summed E-state index contributed by atoms with van der Waals surface area (Å²) in [6.07, 6.45) is 4.34. The Morgan fingerprint density at radius 1 is 1.62 bits per heavy atom. The van der Waals surface area contributed by atoms with Crippen molar-refractivity contribution < 1.29 is 0 Å². The Kier molecular flexibility index (Phi) is 4.03. The topological polar surface area (TPSA) is 29.9 Å². The van der Waals surface area contributed by atoms with Crippen LogP contribution in [0.1, 0.15) is 26.0 Å². The third-order valence-electron chi connectivity index (χ3n) is 3.64. The quantitative estimate of drug-likeness (QED) is 0.925. The van der Waals surface area contributed by atoms with Crippen LogP contribution in [0.25, 0.3) is 0 Å². The normalized spacial score (nSPS) is 25.9. The van der Waals surface area contributed by atoms with Crippen molar-refractivity contribution in [2.24, 2.45) is 11.8 Å². The van der Waals surface area contributed by atoms with Crippen molar-refractivity contribution in [2.75, 3.05) is 13.1 Å². The number of aryl methyl sites for hydroxylation is 1. The standard InChI is InChI=1S/C12H20BrN3/c1-3-16-12(11(13)8-15-16)6-10-7-14-5-4-9(10)2/h8-10,14H,3-7H2,1-2H3. The van der Waals surface area contributed by atoms with Crippen LogP contribution in [0.4, 0.5) is 0 Å². The molecule has 16 heavy (non-hydrogen) atoms. The fourth-order valence-electron chi connectivity index (χ4n) is 2.44. The number of piperidine rings is 1. The van der Waals surface area contributed by atoms with Gasteiger partial charge in [-0.1, -0.05) is 6.92 Å². The van der Waals surface area contributed by atoms with Crippen molar-refractivity contribution in [1.82, 2.24) is 15.1 Å². The molecule has 0 bridgehead atoms. The highest BCUT2D eigenvalue weighted by atomic mass is 79.9. The van der Waals surface area contributed by atoms with Gasteiger partial charge in [0.15, 0.2) is 0 Å². The first-order valence-electron chi connectivity index (χ1n) is 6.13. The number of nitrogens with zero attached hydrogens (tertiary/aromatic N) is 2. The average Bonchev–Trinajstić information content (AvgIpc) is 2.63. The molecule has 2 unspecified atom stereocenters. The second-order valence-corrected chi connectivity index (χ2v) is 5.54. The van der Waals surface area contributed by atoms with E-state index in [1.807, 2.05) is 6.20 Å². The van der Waals surface area contributed by atoms with Crippen LogP contribution in [-0.2, 0) is 13.0 Å². The van der Waals surface area contributed by atoms with E-state index in [4.69, 9.17) is 0 Å². The molecule has 4 heteroatoms. The summed E-state index contributed by atoms with van der Waals surface area (Å²) in [5.41, 5.74) is 1.35. The van der Waals surface area contributed by atoms with E-state index in [-0.39, 0.29) is 0 Å². The van der Waals surface area contributed by atoms with Crippen LogP contribution in [0.2, 0.25) is 0 Å². The molecular formula is C12H20BrN3. The Morgan fingerprint density at radius 2 is 2.44 bits per heavy atom. The zero-order valence-electron chi connectivity index (χ0n) is 10.0. The van der Waals surface area contributed by atoms with Gasteiger partial charge < -0.3 is 5.32 Å². The lowest BCUT2D eigenvalue weighted by Gasteiger charge is -2.29. The summed E-state index contributed by atoms with van der Waals surface area (Å²) in [6, 6.07) is 0. The van der Waals surface area contributed by atoms with E-state index in [0.29, 0.717) is 0 Å². The van der Waals surface area contributed by atoms with Gasteiger partial charge in [0.05, 0.1) is 16.4 Å². The smallest absolute Gasteiger partial charge is 0.0635 e. The molecule has 1 N–H and O–H groups in total. The number of hydrogen-bond acceptors (Lipinski definition) is 2. The largest absolute Gasteiger partial charge is 0.316 e. The molecule has 1 aromatic heterocycles. The van der Waals surface area contributed by atoms with Gasteiger partial charge in [-0.3, -0.25) is 4.68 Å². The summed E-state index contributed by atoms with van der Waals surface area (Å²) in [5, 5.41) is 7.86. The second kappa shape index (κ2) is 5.32. The Hall–Kier alpha value is -0.350. The molecule has 1 saturated heterocycles. The second-order valence-electron chi connectivity index (χ2n) is 4.69. The Bertz CT molecular complexity index is 348. The third-order valence-corrected chi connectivity index (χ3v) is 4.30. The number of rotatable bonds is 3. The van der Waals surface area contributed by atoms with Crippen LogP contribution in [0, 0.1) is 11.8 Å². The minimum Gasteiger partial charge on any atom is -0.316 e. The van der Waals surface area contributed by atoms with Gasteiger partial charge in [-0.05, 0) is 60.6 Å². The van der Waals surface area contributed by atoms with Crippen LogP contribution in [0.3, 0.4) is 0 Å². The molecule has 2 rings (SSSR count). The summed E-state index contributed by atoms with van der Waals surface area (Å²) >= 11 is 3.60. The minimum atomic E-state index is 0.743. The van der Waals surface area contributed by atoms with E-state index in [0.717, 1.165) is 35.8 Å². The van der Waals surface area contributed by atoms with Gasteiger partial charge in [0, 0.05) is 6.54 Å². The average molecular weight is 286 g/mol. The first-order valence-corrected chi connectivity index (χ1v) is 6.92. The molecule has 1 aliphatic heterocycles. The van der Waals surface area contributed by atoms with E-state index < -0.39 is 0 Å². The third kappa shape index (κ3) is 2.48. The van der Waals surface area contributed by atoms with Crippen molar-refractivity contribution in [2.45, 2.75) is 33.2 Å². The maximum absolute atomic E-state index is 4.37. The van der Waals surface area contributed by atoms with Gasteiger partial charge in [-0.2, -0.15) is 5.10 Å². The van der Waals surface area contributed by atoms with Gasteiger partial charge in [0.2, 0.25) is 0 Å². The molecule has 0 aromatic carbocycles. The van der Waals surface area contributed by atoms with E-state index in [9.17, 15) is 0 Å². The summed E-state index contributed by atoms with van der Waals surface area (Å²) in [4.78, 5) is 0. The SMILES string of the molecule is CCn1ncc(Br)c1CC1CNCCC1C. The van der Waals surface area contributed by atoms with E-state index in [1.54, 1.807) is 0 Å². The van der Waals surface area contributed by atoms with E-state index in [1.165, 1.54) is 18.7 Å². The number of halogens is 1. The van der Waals surface area contributed by atoms with Gasteiger partial charge in [-0.25, -0.2) is 0 Å². The Labute approximate surface area is 106 Å². The van der Waals surface area contributed by atoms with Gasteiger partial charge in [-0.15, -0.1) is 0 Å². The Morgan fingerprint density at radius 3 is 3.12 bits per heavy atom. The molecule has 0 amide bonds. The fraction of sp³-hybridized carbons (Fsp3) is 0.750.